The average Bonchev–Trinajstić information content (AvgIpc) is 3.12. The minimum atomic E-state index is -0.265. The molecule has 0 fully saturated rings. The lowest BCUT2D eigenvalue weighted by atomic mass is 10.1. The van der Waals surface area contributed by atoms with Crippen molar-refractivity contribution in [1.29, 1.82) is 0 Å². The summed E-state index contributed by atoms with van der Waals surface area (Å²) in [5, 5.41) is 9.11. The second-order valence-electron chi connectivity index (χ2n) is 6.09. The number of carbonyl (C=O) groups is 2. The summed E-state index contributed by atoms with van der Waals surface area (Å²) in [6.07, 6.45) is 0. The molecule has 130 valence electrons. The lowest BCUT2D eigenvalue weighted by molar-refractivity contribution is 0.0684. The molecule has 6 nitrogen and oxygen atoms in total. The molecule has 0 aliphatic carbocycles. The van der Waals surface area contributed by atoms with Crippen LogP contribution in [-0.2, 0) is 7.05 Å². The van der Waals surface area contributed by atoms with Crippen LogP contribution in [0.3, 0.4) is 0 Å². The minimum absolute atomic E-state index is 0.201. The van der Waals surface area contributed by atoms with E-state index in [-0.39, 0.29) is 17.7 Å². The molecule has 0 atom stereocenters. The molecule has 1 aliphatic rings. The first kappa shape index (κ1) is 16.5. The van der Waals surface area contributed by atoms with Crippen LogP contribution in [-0.4, -0.2) is 37.4 Å². The topological polar surface area (TPSA) is 68.1 Å². The van der Waals surface area contributed by atoms with Crippen molar-refractivity contribution in [3.8, 4) is 11.4 Å². The zero-order chi connectivity index (χ0) is 18.3. The fourth-order valence-electron chi connectivity index (χ4n) is 2.95. The van der Waals surface area contributed by atoms with Gasteiger partial charge >= 0.3 is 0 Å². The lowest BCUT2D eigenvalue weighted by Gasteiger charge is -2.12. The highest BCUT2D eigenvalue weighted by Gasteiger charge is 2.35. The third-order valence-electron chi connectivity index (χ3n) is 4.31. The highest BCUT2D eigenvalue weighted by atomic mass is 32.2. The smallest absolute Gasteiger partial charge is 0.262 e. The standard InChI is InChI=1S/C19H16N4O2S/c1-12-6-5-7-13(10-12)16-20-21-19(22(16)2)26-11-23-17(24)14-8-3-4-9-15(14)18(23)25/h3-10H,11H2,1-2H3. The number of hydrogen-bond donors (Lipinski definition) is 0. The van der Waals surface area contributed by atoms with E-state index in [1.807, 2.05) is 42.8 Å². The van der Waals surface area contributed by atoms with Crippen LogP contribution in [0.1, 0.15) is 26.3 Å². The summed E-state index contributed by atoms with van der Waals surface area (Å²) in [6, 6.07) is 14.9. The molecule has 2 amide bonds. The fraction of sp³-hybridized carbons (Fsp3) is 0.158. The first-order valence-electron chi connectivity index (χ1n) is 8.10. The number of imide groups is 1. The van der Waals surface area contributed by atoms with Crippen LogP contribution in [0.2, 0.25) is 0 Å². The van der Waals surface area contributed by atoms with Crippen molar-refractivity contribution in [2.45, 2.75) is 12.1 Å². The van der Waals surface area contributed by atoms with E-state index >= 15 is 0 Å². The molecule has 0 radical (unpaired) electrons. The molecule has 0 N–H and O–H groups in total. The molecule has 1 aliphatic heterocycles. The zero-order valence-electron chi connectivity index (χ0n) is 14.3. The van der Waals surface area contributed by atoms with Crippen molar-refractivity contribution in [2.75, 3.05) is 5.88 Å². The van der Waals surface area contributed by atoms with Gasteiger partial charge in [-0.3, -0.25) is 14.5 Å². The SMILES string of the molecule is Cc1cccc(-c2nnc(SCN3C(=O)c4ccccc4C3=O)n2C)c1. The first-order chi connectivity index (χ1) is 12.6. The predicted molar refractivity (Wildman–Crippen MR) is 98.8 cm³/mol. The number of benzene rings is 2. The molecular formula is C19H16N4O2S. The van der Waals surface area contributed by atoms with Gasteiger partial charge in [-0.2, -0.15) is 0 Å². The monoisotopic (exact) mass is 364 g/mol. The Balaban J connectivity index is 1.53. The quantitative estimate of drug-likeness (QED) is 0.525. The molecule has 0 unspecified atom stereocenters. The second-order valence-corrected chi connectivity index (χ2v) is 7.00. The molecule has 7 heteroatoms. The van der Waals surface area contributed by atoms with Gasteiger partial charge in [0, 0.05) is 12.6 Å². The van der Waals surface area contributed by atoms with Gasteiger partial charge in [0.05, 0.1) is 17.0 Å². The van der Waals surface area contributed by atoms with Crippen LogP contribution in [0, 0.1) is 6.92 Å². The average molecular weight is 364 g/mol. The highest BCUT2D eigenvalue weighted by molar-refractivity contribution is 7.99. The number of fused-ring (bicyclic) bond motifs is 1. The highest BCUT2D eigenvalue weighted by Crippen LogP contribution is 2.28. The van der Waals surface area contributed by atoms with E-state index in [4.69, 9.17) is 0 Å². The fourth-order valence-corrected chi connectivity index (χ4v) is 3.81. The van der Waals surface area contributed by atoms with E-state index in [1.54, 1.807) is 24.3 Å². The molecule has 0 spiro atoms. The maximum atomic E-state index is 12.4. The first-order valence-corrected chi connectivity index (χ1v) is 9.09. The number of nitrogens with zero attached hydrogens (tertiary/aromatic N) is 4. The number of amides is 2. The Morgan fingerprint density at radius 3 is 2.31 bits per heavy atom. The van der Waals surface area contributed by atoms with Gasteiger partial charge in [0.15, 0.2) is 11.0 Å². The third-order valence-corrected chi connectivity index (χ3v) is 5.31. The molecule has 2 aromatic carbocycles. The molecule has 0 bridgehead atoms. The van der Waals surface area contributed by atoms with E-state index in [0.717, 1.165) is 17.0 Å². The number of thioether (sulfide) groups is 1. The Morgan fingerprint density at radius 1 is 0.962 bits per heavy atom. The predicted octanol–water partition coefficient (Wildman–Crippen LogP) is 3.14. The van der Waals surface area contributed by atoms with Gasteiger partial charge in [0.25, 0.3) is 11.8 Å². The van der Waals surface area contributed by atoms with Gasteiger partial charge in [-0.1, -0.05) is 47.7 Å². The van der Waals surface area contributed by atoms with Crippen molar-refractivity contribution in [2.24, 2.45) is 7.05 Å². The van der Waals surface area contributed by atoms with Crippen molar-refractivity contribution in [1.82, 2.24) is 19.7 Å². The number of hydrogen-bond acceptors (Lipinski definition) is 5. The summed E-state index contributed by atoms with van der Waals surface area (Å²) in [5.74, 6) is 0.420. The van der Waals surface area contributed by atoms with Crippen LogP contribution < -0.4 is 0 Å². The Labute approximate surface area is 154 Å². The summed E-state index contributed by atoms with van der Waals surface area (Å²) < 4.78 is 1.87. The molecule has 3 aromatic rings. The molecule has 0 saturated heterocycles. The number of aromatic nitrogens is 3. The van der Waals surface area contributed by atoms with Crippen LogP contribution in [0.15, 0.2) is 53.7 Å². The maximum absolute atomic E-state index is 12.4. The van der Waals surface area contributed by atoms with E-state index in [0.29, 0.717) is 16.3 Å². The third kappa shape index (κ3) is 2.70. The summed E-state index contributed by atoms with van der Waals surface area (Å²) in [7, 11) is 1.88. The minimum Gasteiger partial charge on any atom is -0.305 e. The van der Waals surface area contributed by atoms with E-state index < -0.39 is 0 Å². The van der Waals surface area contributed by atoms with Gasteiger partial charge in [-0.05, 0) is 25.1 Å². The molecular weight excluding hydrogens is 348 g/mol. The molecule has 1 aromatic heterocycles. The van der Waals surface area contributed by atoms with Crippen LogP contribution >= 0.6 is 11.8 Å². The normalized spacial score (nSPS) is 13.4. The second kappa shape index (κ2) is 6.42. The van der Waals surface area contributed by atoms with Crippen LogP contribution in [0.25, 0.3) is 11.4 Å². The summed E-state index contributed by atoms with van der Waals surface area (Å²) >= 11 is 1.32. The Kier molecular flexibility index (Phi) is 4.08. The van der Waals surface area contributed by atoms with Crippen LogP contribution in [0.5, 0.6) is 0 Å². The van der Waals surface area contributed by atoms with Crippen molar-refractivity contribution in [3.63, 3.8) is 0 Å². The summed E-state index contributed by atoms with van der Waals surface area (Å²) in [5.41, 5.74) is 3.03. The van der Waals surface area contributed by atoms with Gasteiger partial charge in [0.2, 0.25) is 0 Å². The molecule has 2 heterocycles. The van der Waals surface area contributed by atoms with Crippen molar-refractivity contribution < 1.29 is 9.59 Å². The lowest BCUT2D eigenvalue weighted by Crippen LogP contribution is -2.29. The van der Waals surface area contributed by atoms with E-state index in [2.05, 4.69) is 10.2 Å². The number of carbonyl (C=O) groups excluding carboxylic acids is 2. The molecule has 4 rings (SSSR count). The summed E-state index contributed by atoms with van der Waals surface area (Å²) in [4.78, 5) is 26.1. The Morgan fingerprint density at radius 2 is 1.65 bits per heavy atom. The number of aryl methyl sites for hydroxylation is 1. The Hall–Kier alpha value is -2.93. The number of rotatable bonds is 4. The van der Waals surface area contributed by atoms with E-state index in [9.17, 15) is 9.59 Å². The summed E-state index contributed by atoms with van der Waals surface area (Å²) in [6.45, 7) is 2.03. The molecule has 0 saturated carbocycles. The largest absolute Gasteiger partial charge is 0.305 e. The zero-order valence-corrected chi connectivity index (χ0v) is 15.2. The van der Waals surface area contributed by atoms with Crippen molar-refractivity contribution >= 4 is 23.6 Å². The molecule has 26 heavy (non-hydrogen) atoms. The van der Waals surface area contributed by atoms with E-state index in [1.165, 1.54) is 16.7 Å². The van der Waals surface area contributed by atoms with Gasteiger partial charge in [0.1, 0.15) is 0 Å². The van der Waals surface area contributed by atoms with Gasteiger partial charge < -0.3 is 4.57 Å². The van der Waals surface area contributed by atoms with Crippen molar-refractivity contribution in [3.05, 3.63) is 65.2 Å². The van der Waals surface area contributed by atoms with Gasteiger partial charge in [-0.15, -0.1) is 10.2 Å². The van der Waals surface area contributed by atoms with Crippen LogP contribution in [0.4, 0.5) is 0 Å². The maximum Gasteiger partial charge on any atom is 0.262 e. The Bertz CT molecular complexity index is 993. The van der Waals surface area contributed by atoms with Gasteiger partial charge in [-0.25, -0.2) is 0 Å².